The van der Waals surface area contributed by atoms with Gasteiger partial charge in [-0.25, -0.2) is 0 Å². The van der Waals surface area contributed by atoms with E-state index in [2.05, 4.69) is 6.07 Å². The molecule has 0 saturated heterocycles. The van der Waals surface area contributed by atoms with Gasteiger partial charge in [-0.3, -0.25) is 4.79 Å². The Hall–Kier alpha value is -1.04. The van der Waals surface area contributed by atoms with Gasteiger partial charge in [0.1, 0.15) is 5.60 Å². The van der Waals surface area contributed by atoms with Gasteiger partial charge in [0.25, 0.3) is 0 Å². The second-order valence-electron chi connectivity index (χ2n) is 3.72. The van der Waals surface area contributed by atoms with E-state index in [0.717, 1.165) is 0 Å². The van der Waals surface area contributed by atoms with Crippen molar-refractivity contribution in [3.8, 4) is 6.07 Å². The summed E-state index contributed by atoms with van der Waals surface area (Å²) in [6.07, 6.45) is 1.02. The first-order valence-electron chi connectivity index (χ1n) is 4.49. The molecule has 0 fully saturated rings. The summed E-state index contributed by atoms with van der Waals surface area (Å²) in [6, 6.07) is 2.06. The molecular formula is C10H17NO2. The largest absolute Gasteiger partial charge is 0.459 e. The summed E-state index contributed by atoms with van der Waals surface area (Å²) >= 11 is 0. The summed E-state index contributed by atoms with van der Waals surface area (Å²) < 4.78 is 5.21. The van der Waals surface area contributed by atoms with E-state index in [9.17, 15) is 4.79 Å². The highest BCUT2D eigenvalue weighted by Gasteiger charge is 2.30. The Balaban J connectivity index is 4.35. The van der Waals surface area contributed by atoms with Crippen LogP contribution in [0.15, 0.2) is 0 Å². The monoisotopic (exact) mass is 183 g/mol. The fraction of sp³-hybridized carbons (Fsp3) is 0.800. The molecule has 0 heterocycles. The van der Waals surface area contributed by atoms with E-state index in [0.29, 0.717) is 12.8 Å². The zero-order chi connectivity index (χ0) is 10.5. The van der Waals surface area contributed by atoms with Gasteiger partial charge in [0.2, 0.25) is 0 Å². The van der Waals surface area contributed by atoms with E-state index in [-0.39, 0.29) is 11.9 Å². The van der Waals surface area contributed by atoms with Crippen LogP contribution in [0.3, 0.4) is 0 Å². The van der Waals surface area contributed by atoms with Crippen molar-refractivity contribution in [2.75, 3.05) is 0 Å². The summed E-state index contributed by atoms with van der Waals surface area (Å²) in [6.45, 7) is 7.24. The van der Waals surface area contributed by atoms with Gasteiger partial charge in [0.15, 0.2) is 0 Å². The highest BCUT2D eigenvalue weighted by molar-refractivity contribution is 5.66. The maximum atomic E-state index is 10.8. The lowest BCUT2D eigenvalue weighted by molar-refractivity contribution is -0.160. The summed E-state index contributed by atoms with van der Waals surface area (Å²) in [5.41, 5.74) is -0.498. The molecule has 74 valence electrons. The normalized spacial score (nSPS) is 14.8. The first kappa shape index (κ1) is 12.0. The van der Waals surface area contributed by atoms with Crippen molar-refractivity contribution in [2.24, 2.45) is 5.92 Å². The van der Waals surface area contributed by atoms with Gasteiger partial charge in [-0.2, -0.15) is 5.26 Å². The van der Waals surface area contributed by atoms with Gasteiger partial charge in [0, 0.05) is 19.8 Å². The molecule has 0 amide bonds. The van der Waals surface area contributed by atoms with Crippen LogP contribution in [0.1, 0.15) is 40.5 Å². The number of nitrogens with zero attached hydrogens (tertiary/aromatic N) is 1. The van der Waals surface area contributed by atoms with Crippen molar-refractivity contribution < 1.29 is 9.53 Å². The number of ether oxygens (including phenoxy) is 1. The van der Waals surface area contributed by atoms with Gasteiger partial charge < -0.3 is 4.74 Å². The van der Waals surface area contributed by atoms with Crippen LogP contribution in [-0.4, -0.2) is 11.6 Å². The molecule has 0 saturated carbocycles. The number of esters is 1. The van der Waals surface area contributed by atoms with E-state index in [1.807, 2.05) is 20.8 Å². The minimum Gasteiger partial charge on any atom is -0.459 e. The molecule has 3 heteroatoms. The highest BCUT2D eigenvalue weighted by atomic mass is 16.6. The second kappa shape index (κ2) is 4.86. The van der Waals surface area contributed by atoms with E-state index in [4.69, 9.17) is 10.00 Å². The van der Waals surface area contributed by atoms with Gasteiger partial charge in [0.05, 0.1) is 6.07 Å². The van der Waals surface area contributed by atoms with Crippen LogP contribution in [0.5, 0.6) is 0 Å². The molecular weight excluding hydrogens is 166 g/mol. The van der Waals surface area contributed by atoms with Crippen LogP contribution in [0.2, 0.25) is 0 Å². The molecule has 13 heavy (non-hydrogen) atoms. The molecule has 1 unspecified atom stereocenters. The topological polar surface area (TPSA) is 50.1 Å². The minimum atomic E-state index is -0.498. The lowest BCUT2D eigenvalue weighted by Crippen LogP contribution is -2.36. The molecule has 0 aromatic heterocycles. The van der Waals surface area contributed by atoms with Crippen molar-refractivity contribution in [2.45, 2.75) is 46.1 Å². The first-order chi connectivity index (χ1) is 5.92. The van der Waals surface area contributed by atoms with Gasteiger partial charge in [-0.05, 0) is 12.8 Å². The van der Waals surface area contributed by atoms with Crippen LogP contribution in [0.25, 0.3) is 0 Å². The Morgan fingerprint density at radius 3 is 2.46 bits per heavy atom. The van der Waals surface area contributed by atoms with Crippen LogP contribution in [0, 0.1) is 17.2 Å². The van der Waals surface area contributed by atoms with Crippen LogP contribution < -0.4 is 0 Å². The van der Waals surface area contributed by atoms with Crippen LogP contribution >= 0.6 is 0 Å². The predicted octanol–water partition coefficient (Wildman–Crippen LogP) is 2.27. The van der Waals surface area contributed by atoms with E-state index < -0.39 is 5.60 Å². The van der Waals surface area contributed by atoms with Crippen molar-refractivity contribution in [1.82, 2.24) is 0 Å². The fourth-order valence-corrected chi connectivity index (χ4v) is 1.09. The van der Waals surface area contributed by atoms with Crippen LogP contribution in [0.4, 0.5) is 0 Å². The zero-order valence-electron chi connectivity index (χ0n) is 8.76. The molecule has 0 aliphatic carbocycles. The summed E-state index contributed by atoms with van der Waals surface area (Å²) in [5, 5.41) is 8.46. The van der Waals surface area contributed by atoms with Crippen molar-refractivity contribution >= 4 is 5.97 Å². The lowest BCUT2D eigenvalue weighted by atomic mass is 9.88. The molecule has 1 atom stereocenters. The highest BCUT2D eigenvalue weighted by Crippen LogP contribution is 2.26. The Kier molecular flexibility index (Phi) is 4.47. The second-order valence-corrected chi connectivity index (χ2v) is 3.72. The number of carbonyl (C=O) groups excluding carboxylic acids is 1. The predicted molar refractivity (Wildman–Crippen MR) is 49.9 cm³/mol. The number of rotatable bonds is 4. The maximum absolute atomic E-state index is 10.8. The third-order valence-electron chi connectivity index (χ3n) is 2.33. The Bertz CT molecular complexity index is 217. The van der Waals surface area contributed by atoms with Gasteiger partial charge in [-0.15, -0.1) is 0 Å². The number of nitriles is 1. The molecule has 3 nitrogen and oxygen atoms in total. The average molecular weight is 183 g/mol. The molecule has 0 aliphatic heterocycles. The Labute approximate surface area is 79.7 Å². The molecule has 0 N–H and O–H groups in total. The molecule has 0 spiro atoms. The SMILES string of the molecule is CC(=O)OC(C)(CCC#N)C(C)C. The summed E-state index contributed by atoms with van der Waals surface area (Å²) in [7, 11) is 0. The number of hydrogen-bond acceptors (Lipinski definition) is 3. The Morgan fingerprint density at radius 1 is 1.62 bits per heavy atom. The third-order valence-corrected chi connectivity index (χ3v) is 2.33. The smallest absolute Gasteiger partial charge is 0.303 e. The van der Waals surface area contributed by atoms with E-state index in [1.54, 1.807) is 0 Å². The quantitative estimate of drug-likeness (QED) is 0.628. The zero-order valence-corrected chi connectivity index (χ0v) is 8.76. The van der Waals surface area contributed by atoms with Crippen LogP contribution in [-0.2, 0) is 9.53 Å². The molecule has 0 rings (SSSR count). The molecule has 0 aromatic rings. The number of carbonyl (C=O) groups is 1. The molecule has 0 radical (unpaired) electrons. The lowest BCUT2D eigenvalue weighted by Gasteiger charge is -2.32. The molecule has 0 aromatic carbocycles. The van der Waals surface area contributed by atoms with E-state index in [1.165, 1.54) is 6.92 Å². The van der Waals surface area contributed by atoms with Crippen molar-refractivity contribution in [3.63, 3.8) is 0 Å². The first-order valence-corrected chi connectivity index (χ1v) is 4.49. The third kappa shape index (κ3) is 3.93. The van der Waals surface area contributed by atoms with Gasteiger partial charge in [-0.1, -0.05) is 13.8 Å². The van der Waals surface area contributed by atoms with Gasteiger partial charge >= 0.3 is 5.97 Å². The fourth-order valence-electron chi connectivity index (χ4n) is 1.09. The standard InChI is InChI=1S/C10H17NO2/c1-8(2)10(4,6-5-7-11)13-9(3)12/h8H,5-6H2,1-4H3. The summed E-state index contributed by atoms with van der Waals surface area (Å²) in [5.74, 6) is -0.0566. The van der Waals surface area contributed by atoms with Crippen molar-refractivity contribution in [3.05, 3.63) is 0 Å². The molecule has 0 aliphatic rings. The summed E-state index contributed by atoms with van der Waals surface area (Å²) in [4.78, 5) is 10.8. The number of hydrogen-bond donors (Lipinski definition) is 0. The Morgan fingerprint density at radius 2 is 2.15 bits per heavy atom. The maximum Gasteiger partial charge on any atom is 0.303 e. The van der Waals surface area contributed by atoms with Crippen molar-refractivity contribution in [1.29, 1.82) is 5.26 Å². The minimum absolute atomic E-state index is 0.227. The molecule has 0 bridgehead atoms. The van der Waals surface area contributed by atoms with E-state index >= 15 is 0 Å². The average Bonchev–Trinajstić information content (AvgIpc) is 1.99.